The standard InChI is InChI=1S/C27H18Cl2FN3O2/c28-18-6-1-15(2-7-18)23-24(25(34)16-3-8-19(29)9-4-16)33-21-11-10-20(30)13-17(21)5-12-22(33)27(23,14-31)26(32)35/h1-13,22-24H,(H2,32,35)/t22-,23+,24-,27-/m1/s1. The van der Waals surface area contributed by atoms with E-state index in [0.717, 1.165) is 0 Å². The third-order valence-electron chi connectivity index (χ3n) is 6.82. The molecule has 1 saturated heterocycles. The average molecular weight is 506 g/mol. The summed E-state index contributed by atoms with van der Waals surface area (Å²) in [6.07, 6.45) is 3.30. The van der Waals surface area contributed by atoms with E-state index < -0.39 is 35.1 Å². The minimum atomic E-state index is -1.79. The number of halogens is 3. The lowest BCUT2D eigenvalue weighted by Crippen LogP contribution is -2.49. The average Bonchev–Trinajstić information content (AvgIpc) is 3.16. The molecule has 0 aliphatic carbocycles. The number of hydrogen-bond donors (Lipinski definition) is 1. The van der Waals surface area contributed by atoms with Crippen LogP contribution < -0.4 is 10.6 Å². The van der Waals surface area contributed by atoms with Crippen LogP contribution in [0.4, 0.5) is 10.1 Å². The van der Waals surface area contributed by atoms with E-state index in [-0.39, 0.29) is 5.78 Å². The van der Waals surface area contributed by atoms with Gasteiger partial charge < -0.3 is 10.6 Å². The highest BCUT2D eigenvalue weighted by Gasteiger charge is 2.65. The fourth-order valence-corrected chi connectivity index (χ4v) is 5.54. The first-order chi connectivity index (χ1) is 16.8. The molecule has 3 aromatic carbocycles. The molecule has 0 radical (unpaired) electrons. The predicted octanol–water partition coefficient (Wildman–Crippen LogP) is 5.38. The van der Waals surface area contributed by atoms with Crippen molar-refractivity contribution in [2.45, 2.75) is 18.0 Å². The van der Waals surface area contributed by atoms with Crippen LogP contribution >= 0.6 is 23.2 Å². The number of hydrogen-bond acceptors (Lipinski definition) is 4. The van der Waals surface area contributed by atoms with Crippen LogP contribution in [0, 0.1) is 22.6 Å². The first-order valence-electron chi connectivity index (χ1n) is 10.8. The Morgan fingerprint density at radius 3 is 2.23 bits per heavy atom. The lowest BCUT2D eigenvalue weighted by molar-refractivity contribution is -0.125. The molecule has 3 aromatic rings. The van der Waals surface area contributed by atoms with Crippen LogP contribution in [0.2, 0.25) is 10.0 Å². The van der Waals surface area contributed by atoms with Crippen molar-refractivity contribution < 1.29 is 14.0 Å². The molecule has 2 N–H and O–H groups in total. The number of primary amides is 1. The number of nitrogens with zero attached hydrogens (tertiary/aromatic N) is 2. The highest BCUT2D eigenvalue weighted by Crippen LogP contribution is 2.55. The van der Waals surface area contributed by atoms with Gasteiger partial charge in [-0.3, -0.25) is 9.59 Å². The van der Waals surface area contributed by atoms with Gasteiger partial charge in [0.15, 0.2) is 11.2 Å². The smallest absolute Gasteiger partial charge is 0.241 e. The van der Waals surface area contributed by atoms with Gasteiger partial charge in [-0.15, -0.1) is 0 Å². The Balaban J connectivity index is 1.80. The molecule has 1 amide bonds. The number of rotatable bonds is 4. The third kappa shape index (κ3) is 3.51. The van der Waals surface area contributed by atoms with Crippen molar-refractivity contribution in [3.8, 4) is 6.07 Å². The van der Waals surface area contributed by atoms with Gasteiger partial charge in [-0.05, 0) is 60.2 Å². The highest BCUT2D eigenvalue weighted by atomic mass is 35.5. The molecule has 0 unspecified atom stereocenters. The van der Waals surface area contributed by atoms with Crippen LogP contribution in [0.3, 0.4) is 0 Å². The van der Waals surface area contributed by atoms with Crippen LogP contribution in [0.1, 0.15) is 27.4 Å². The van der Waals surface area contributed by atoms with Crippen molar-refractivity contribution in [3.63, 3.8) is 0 Å². The molecule has 2 heterocycles. The van der Waals surface area contributed by atoms with E-state index in [1.807, 2.05) is 0 Å². The number of ketones is 1. The molecule has 0 spiro atoms. The maximum Gasteiger partial charge on any atom is 0.241 e. The normalized spacial score (nSPS) is 24.4. The summed E-state index contributed by atoms with van der Waals surface area (Å²) in [7, 11) is 0. The van der Waals surface area contributed by atoms with Gasteiger partial charge in [0.05, 0.1) is 12.1 Å². The first kappa shape index (κ1) is 23.1. The zero-order valence-corrected chi connectivity index (χ0v) is 19.7. The summed E-state index contributed by atoms with van der Waals surface area (Å²) >= 11 is 12.1. The van der Waals surface area contributed by atoms with Crippen molar-refractivity contribution in [3.05, 3.63) is 105 Å². The molecule has 2 aliphatic heterocycles. The van der Waals surface area contributed by atoms with Gasteiger partial charge >= 0.3 is 0 Å². The quantitative estimate of drug-likeness (QED) is 0.482. The minimum absolute atomic E-state index is 0.324. The van der Waals surface area contributed by atoms with Crippen molar-refractivity contribution in [2.24, 2.45) is 11.1 Å². The Morgan fingerprint density at radius 2 is 1.63 bits per heavy atom. The molecule has 174 valence electrons. The van der Waals surface area contributed by atoms with E-state index in [4.69, 9.17) is 28.9 Å². The van der Waals surface area contributed by atoms with Crippen LogP contribution in [-0.2, 0) is 4.79 Å². The summed E-state index contributed by atoms with van der Waals surface area (Å²) in [5.41, 5.74) is 6.13. The number of benzene rings is 3. The van der Waals surface area contributed by atoms with E-state index in [1.165, 1.54) is 12.1 Å². The van der Waals surface area contributed by atoms with Crippen molar-refractivity contribution >= 4 is 46.7 Å². The second kappa shape index (κ2) is 8.53. The van der Waals surface area contributed by atoms with E-state index in [1.54, 1.807) is 71.6 Å². The lowest BCUT2D eigenvalue weighted by Gasteiger charge is -2.36. The SMILES string of the molecule is N#C[C@]1(C(N)=O)[C@@H](c2ccc(Cl)cc2)[C@H](C(=O)c2ccc(Cl)cc2)N2c3ccc(F)cc3C=C[C@@H]21. The number of nitrogens with two attached hydrogens (primary N) is 1. The van der Waals surface area contributed by atoms with Gasteiger partial charge in [0, 0.05) is 32.8 Å². The van der Waals surface area contributed by atoms with Gasteiger partial charge in [-0.1, -0.05) is 47.5 Å². The second-order valence-corrected chi connectivity index (χ2v) is 9.48. The van der Waals surface area contributed by atoms with Gasteiger partial charge in [-0.25, -0.2) is 4.39 Å². The number of fused-ring (bicyclic) bond motifs is 3. The number of anilines is 1. The monoisotopic (exact) mass is 505 g/mol. The maximum atomic E-state index is 14.1. The highest BCUT2D eigenvalue weighted by molar-refractivity contribution is 6.31. The molecular formula is C27H18Cl2FN3O2. The number of carbonyl (C=O) groups excluding carboxylic acids is 2. The van der Waals surface area contributed by atoms with Crippen LogP contribution in [0.25, 0.3) is 6.08 Å². The first-order valence-corrected chi connectivity index (χ1v) is 11.6. The maximum absolute atomic E-state index is 14.1. The van der Waals surface area contributed by atoms with Crippen LogP contribution in [0.15, 0.2) is 72.8 Å². The lowest BCUT2D eigenvalue weighted by atomic mass is 9.67. The molecule has 0 bridgehead atoms. The van der Waals surface area contributed by atoms with Crippen LogP contribution in [0.5, 0.6) is 0 Å². The number of amides is 1. The summed E-state index contributed by atoms with van der Waals surface area (Å²) in [5, 5.41) is 11.4. The Morgan fingerprint density at radius 1 is 1.00 bits per heavy atom. The number of nitriles is 1. The minimum Gasteiger partial charge on any atom is -0.368 e. The zero-order chi connectivity index (χ0) is 24.9. The summed E-state index contributed by atoms with van der Waals surface area (Å²) in [5.74, 6) is -2.55. The van der Waals surface area contributed by atoms with E-state index >= 15 is 0 Å². The molecule has 35 heavy (non-hydrogen) atoms. The van der Waals surface area contributed by atoms with E-state index in [0.29, 0.717) is 32.4 Å². The van der Waals surface area contributed by atoms with Gasteiger partial charge in [0.1, 0.15) is 11.9 Å². The van der Waals surface area contributed by atoms with E-state index in [2.05, 4.69) is 6.07 Å². The Bertz CT molecular complexity index is 1420. The summed E-state index contributed by atoms with van der Waals surface area (Å²) < 4.78 is 14.1. The molecule has 5 nitrogen and oxygen atoms in total. The fraction of sp³-hybridized carbons (Fsp3) is 0.148. The molecule has 1 fully saturated rings. The Kier molecular flexibility index (Phi) is 5.63. The Labute approximate surface area is 211 Å². The molecule has 2 aliphatic rings. The van der Waals surface area contributed by atoms with Crippen LogP contribution in [-0.4, -0.2) is 23.8 Å². The van der Waals surface area contributed by atoms with Crippen molar-refractivity contribution in [1.29, 1.82) is 5.26 Å². The number of carbonyl (C=O) groups is 2. The summed E-state index contributed by atoms with van der Waals surface area (Å²) in [6.45, 7) is 0. The summed E-state index contributed by atoms with van der Waals surface area (Å²) in [4.78, 5) is 28.9. The fourth-order valence-electron chi connectivity index (χ4n) is 5.29. The molecule has 4 atom stereocenters. The van der Waals surface area contributed by atoms with Gasteiger partial charge in [0.2, 0.25) is 5.91 Å². The van der Waals surface area contributed by atoms with Gasteiger partial charge in [0.25, 0.3) is 0 Å². The largest absolute Gasteiger partial charge is 0.368 e. The van der Waals surface area contributed by atoms with Gasteiger partial charge in [-0.2, -0.15) is 5.26 Å². The second-order valence-electron chi connectivity index (χ2n) is 8.60. The molecule has 8 heteroatoms. The number of Topliss-reactive ketones (excluding diaryl/α,β-unsaturated/α-hetero) is 1. The topological polar surface area (TPSA) is 87.2 Å². The predicted molar refractivity (Wildman–Crippen MR) is 133 cm³/mol. The summed E-state index contributed by atoms with van der Waals surface area (Å²) in [6, 6.07) is 17.6. The molecule has 0 saturated carbocycles. The molecular weight excluding hydrogens is 488 g/mol. The molecule has 0 aromatic heterocycles. The zero-order valence-electron chi connectivity index (χ0n) is 18.2. The van der Waals surface area contributed by atoms with Crippen molar-refractivity contribution in [1.82, 2.24) is 0 Å². The molecule has 5 rings (SSSR count). The van der Waals surface area contributed by atoms with Crippen molar-refractivity contribution in [2.75, 3.05) is 4.90 Å². The van der Waals surface area contributed by atoms with E-state index in [9.17, 15) is 19.2 Å². The third-order valence-corrected chi connectivity index (χ3v) is 7.32. The Hall–Kier alpha value is -3.66.